The molecule has 7 nitrogen and oxygen atoms in total. The predicted octanol–water partition coefficient (Wildman–Crippen LogP) is 4.18. The fourth-order valence-corrected chi connectivity index (χ4v) is 6.75. The smallest absolute Gasteiger partial charge is 0.256 e. The predicted molar refractivity (Wildman–Crippen MR) is 128 cm³/mol. The van der Waals surface area contributed by atoms with Crippen molar-refractivity contribution in [1.82, 2.24) is 4.31 Å². The fourth-order valence-electron chi connectivity index (χ4n) is 3.98. The minimum absolute atomic E-state index is 0.160. The highest BCUT2D eigenvalue weighted by Crippen LogP contribution is 2.37. The van der Waals surface area contributed by atoms with Crippen LogP contribution in [0.15, 0.2) is 29.2 Å². The number of sulfonamides is 1. The first-order valence-corrected chi connectivity index (χ1v) is 13.4. The number of carbonyl (C=O) groups is 2. The molecule has 1 heterocycles. The molecule has 0 saturated carbocycles. The number of benzene rings is 1. The number of nitrogens with one attached hydrogen (secondary N) is 1. The van der Waals surface area contributed by atoms with E-state index in [1.165, 1.54) is 39.9 Å². The van der Waals surface area contributed by atoms with E-state index >= 15 is 0 Å². The summed E-state index contributed by atoms with van der Waals surface area (Å²) in [5.74, 6) is -0.931. The molecular formula is C23H31N3O4S2. The van der Waals surface area contributed by atoms with Crippen molar-refractivity contribution in [2.24, 2.45) is 5.73 Å². The van der Waals surface area contributed by atoms with Crippen molar-refractivity contribution in [2.45, 2.75) is 63.7 Å². The van der Waals surface area contributed by atoms with Crippen LogP contribution < -0.4 is 11.1 Å². The standard InChI is InChI=1S/C23H31N3O4S2/c1-3-5-15-26(4-2)32(29,30)17-13-11-16(12-14-17)22(28)25-23-20(21(24)27)18-9-7-6-8-10-19(18)31-23/h11-14H,3-10,15H2,1-2H3,(H2,24,27)(H,25,28). The van der Waals surface area contributed by atoms with Crippen LogP contribution in [0.1, 0.15) is 77.1 Å². The number of hydrogen-bond acceptors (Lipinski definition) is 5. The fraction of sp³-hybridized carbons (Fsp3) is 0.478. The Balaban J connectivity index is 1.81. The van der Waals surface area contributed by atoms with Crippen molar-refractivity contribution in [3.05, 3.63) is 45.8 Å². The van der Waals surface area contributed by atoms with E-state index in [2.05, 4.69) is 5.32 Å². The number of thiophene rings is 1. The number of amides is 2. The summed E-state index contributed by atoms with van der Waals surface area (Å²) in [6.45, 7) is 4.69. The summed E-state index contributed by atoms with van der Waals surface area (Å²) in [5, 5.41) is 3.30. The van der Waals surface area contributed by atoms with Crippen molar-refractivity contribution in [3.63, 3.8) is 0 Å². The summed E-state index contributed by atoms with van der Waals surface area (Å²) in [6, 6.07) is 5.91. The average molecular weight is 478 g/mol. The molecule has 0 bridgehead atoms. The molecule has 0 radical (unpaired) electrons. The highest BCUT2D eigenvalue weighted by atomic mass is 32.2. The van der Waals surface area contributed by atoms with Gasteiger partial charge in [0.1, 0.15) is 5.00 Å². The van der Waals surface area contributed by atoms with Crippen LogP contribution in [-0.2, 0) is 22.9 Å². The van der Waals surface area contributed by atoms with Gasteiger partial charge in [-0.05, 0) is 61.9 Å². The van der Waals surface area contributed by atoms with Crippen molar-refractivity contribution in [1.29, 1.82) is 0 Å². The maximum atomic E-state index is 12.9. The Hall–Kier alpha value is -2.23. The highest BCUT2D eigenvalue weighted by molar-refractivity contribution is 7.89. The van der Waals surface area contributed by atoms with E-state index in [0.717, 1.165) is 55.4 Å². The van der Waals surface area contributed by atoms with Gasteiger partial charge in [-0.25, -0.2) is 8.42 Å². The molecule has 1 aromatic carbocycles. The summed E-state index contributed by atoms with van der Waals surface area (Å²) in [4.78, 5) is 26.2. The second-order valence-electron chi connectivity index (χ2n) is 7.96. The van der Waals surface area contributed by atoms with Gasteiger partial charge in [0.25, 0.3) is 11.8 Å². The normalized spacial score (nSPS) is 14.1. The Kier molecular flexibility index (Phi) is 8.08. The SMILES string of the molecule is CCCCN(CC)S(=O)(=O)c1ccc(C(=O)Nc2sc3c(c2C(N)=O)CCCCC3)cc1. The van der Waals surface area contributed by atoms with E-state index in [1.54, 1.807) is 0 Å². The second-order valence-corrected chi connectivity index (χ2v) is 11.0. The minimum atomic E-state index is -3.61. The van der Waals surface area contributed by atoms with E-state index in [1.807, 2.05) is 13.8 Å². The van der Waals surface area contributed by atoms with Gasteiger partial charge in [0.2, 0.25) is 10.0 Å². The first kappa shape index (κ1) is 24.4. The van der Waals surface area contributed by atoms with Gasteiger partial charge in [0, 0.05) is 23.5 Å². The molecule has 1 aromatic heterocycles. The zero-order valence-corrected chi connectivity index (χ0v) is 20.3. The number of nitrogens with two attached hydrogens (primary N) is 1. The maximum Gasteiger partial charge on any atom is 0.256 e. The molecule has 32 heavy (non-hydrogen) atoms. The molecule has 0 aliphatic heterocycles. The molecule has 3 N–H and O–H groups in total. The quantitative estimate of drug-likeness (QED) is 0.528. The highest BCUT2D eigenvalue weighted by Gasteiger charge is 2.25. The third-order valence-corrected chi connectivity index (χ3v) is 8.96. The summed E-state index contributed by atoms with van der Waals surface area (Å²) in [5.41, 5.74) is 7.33. The Labute approximate surface area is 194 Å². The van der Waals surface area contributed by atoms with Crippen molar-refractivity contribution < 1.29 is 18.0 Å². The number of anilines is 1. The van der Waals surface area contributed by atoms with E-state index in [9.17, 15) is 18.0 Å². The third-order valence-electron chi connectivity index (χ3n) is 5.76. The Bertz CT molecular complexity index is 1080. The Morgan fingerprint density at radius 2 is 1.78 bits per heavy atom. The first-order valence-electron chi connectivity index (χ1n) is 11.2. The Morgan fingerprint density at radius 1 is 1.09 bits per heavy atom. The zero-order chi connectivity index (χ0) is 23.3. The van der Waals surface area contributed by atoms with E-state index < -0.39 is 21.8 Å². The monoisotopic (exact) mass is 477 g/mol. The summed E-state index contributed by atoms with van der Waals surface area (Å²) in [6.07, 6.45) is 6.55. The molecule has 0 unspecified atom stereocenters. The zero-order valence-electron chi connectivity index (χ0n) is 18.6. The van der Waals surface area contributed by atoms with E-state index in [0.29, 0.717) is 29.2 Å². The number of nitrogens with zero attached hydrogens (tertiary/aromatic N) is 1. The van der Waals surface area contributed by atoms with Crippen molar-refractivity contribution in [2.75, 3.05) is 18.4 Å². The molecule has 3 rings (SSSR count). The summed E-state index contributed by atoms with van der Waals surface area (Å²) >= 11 is 1.41. The van der Waals surface area contributed by atoms with Crippen LogP contribution >= 0.6 is 11.3 Å². The van der Waals surface area contributed by atoms with Crippen LogP contribution in [0.4, 0.5) is 5.00 Å². The molecule has 174 valence electrons. The van der Waals surface area contributed by atoms with E-state index in [4.69, 9.17) is 5.73 Å². The molecule has 0 fully saturated rings. The molecule has 2 amide bonds. The van der Waals surface area contributed by atoms with Gasteiger partial charge in [0.05, 0.1) is 10.5 Å². The average Bonchev–Trinajstić information content (AvgIpc) is 2.95. The number of hydrogen-bond donors (Lipinski definition) is 2. The number of unbranched alkanes of at least 4 members (excludes halogenated alkanes) is 1. The third kappa shape index (κ3) is 5.22. The second kappa shape index (κ2) is 10.6. The number of fused-ring (bicyclic) bond motifs is 1. The minimum Gasteiger partial charge on any atom is -0.365 e. The largest absolute Gasteiger partial charge is 0.365 e. The van der Waals surface area contributed by atoms with Crippen LogP contribution in [0.25, 0.3) is 0 Å². The van der Waals surface area contributed by atoms with Crippen LogP contribution in [0, 0.1) is 0 Å². The lowest BCUT2D eigenvalue weighted by molar-refractivity contribution is 0.100. The molecule has 2 aromatic rings. The van der Waals surface area contributed by atoms with Gasteiger partial charge in [-0.2, -0.15) is 4.31 Å². The van der Waals surface area contributed by atoms with Crippen LogP contribution in [-0.4, -0.2) is 37.6 Å². The van der Waals surface area contributed by atoms with Gasteiger partial charge >= 0.3 is 0 Å². The van der Waals surface area contributed by atoms with Crippen molar-refractivity contribution >= 4 is 38.2 Å². The van der Waals surface area contributed by atoms with Crippen LogP contribution in [0.3, 0.4) is 0 Å². The van der Waals surface area contributed by atoms with Gasteiger partial charge < -0.3 is 11.1 Å². The number of rotatable bonds is 9. The van der Waals surface area contributed by atoms with Gasteiger partial charge in [-0.15, -0.1) is 11.3 Å². The van der Waals surface area contributed by atoms with E-state index in [-0.39, 0.29) is 4.90 Å². The molecule has 1 aliphatic carbocycles. The van der Waals surface area contributed by atoms with Crippen molar-refractivity contribution in [3.8, 4) is 0 Å². The van der Waals surface area contributed by atoms with Crippen LogP contribution in [0.5, 0.6) is 0 Å². The molecular weight excluding hydrogens is 446 g/mol. The summed E-state index contributed by atoms with van der Waals surface area (Å²) < 4.78 is 27.2. The number of primary amides is 1. The van der Waals surface area contributed by atoms with Crippen LogP contribution in [0.2, 0.25) is 0 Å². The first-order chi connectivity index (χ1) is 15.3. The maximum absolute atomic E-state index is 12.9. The lowest BCUT2D eigenvalue weighted by Crippen LogP contribution is -2.31. The Morgan fingerprint density at radius 3 is 2.41 bits per heavy atom. The number of aryl methyl sites for hydroxylation is 1. The molecule has 1 aliphatic rings. The molecule has 0 atom stereocenters. The van der Waals surface area contributed by atoms with Gasteiger partial charge in [-0.1, -0.05) is 26.7 Å². The van der Waals surface area contributed by atoms with Gasteiger partial charge in [0.15, 0.2) is 0 Å². The molecule has 0 spiro atoms. The molecule has 0 saturated heterocycles. The topological polar surface area (TPSA) is 110 Å². The number of carbonyl (C=O) groups excluding carboxylic acids is 2. The molecule has 9 heteroatoms. The lowest BCUT2D eigenvalue weighted by Gasteiger charge is -2.20. The lowest BCUT2D eigenvalue weighted by atomic mass is 10.1. The van der Waals surface area contributed by atoms with Gasteiger partial charge in [-0.3, -0.25) is 9.59 Å². The summed E-state index contributed by atoms with van der Waals surface area (Å²) in [7, 11) is -3.61.